The normalized spacial score (nSPS) is 13.3. The summed E-state index contributed by atoms with van der Waals surface area (Å²) >= 11 is 6.12. The number of benzene rings is 3. The van der Waals surface area contributed by atoms with Crippen molar-refractivity contribution in [3.63, 3.8) is 0 Å². The van der Waals surface area contributed by atoms with E-state index in [1.165, 1.54) is 16.0 Å². The number of nitrogens with two attached hydrogens (primary N) is 1. The predicted molar refractivity (Wildman–Crippen MR) is 134 cm³/mol. The van der Waals surface area contributed by atoms with Gasteiger partial charge in [-0.15, -0.1) is 0 Å². The average Bonchev–Trinajstić information content (AvgIpc) is 3.14. The van der Waals surface area contributed by atoms with Crippen LogP contribution in [0.1, 0.15) is 30.9 Å². The molecule has 0 spiro atoms. The molecule has 1 unspecified atom stereocenters. The Labute approximate surface area is 204 Å². The third kappa shape index (κ3) is 5.13. The number of fused-ring (bicyclic) bond motifs is 3. The van der Waals surface area contributed by atoms with Gasteiger partial charge in [-0.2, -0.15) is 0 Å². The quantitative estimate of drug-likeness (QED) is 0.426. The maximum absolute atomic E-state index is 13.0. The Hall–Kier alpha value is -3.22. The summed E-state index contributed by atoms with van der Waals surface area (Å²) in [7, 11) is 0. The molecule has 4 rings (SSSR count). The summed E-state index contributed by atoms with van der Waals surface area (Å²) in [5, 5.41) is 10.9. The molecule has 0 aliphatic heterocycles. The van der Waals surface area contributed by atoms with E-state index in [1.807, 2.05) is 38.1 Å². The molecule has 0 radical (unpaired) electrons. The van der Waals surface area contributed by atoms with Crippen LogP contribution in [0.15, 0.2) is 66.7 Å². The fourth-order valence-electron chi connectivity index (χ4n) is 4.27. The zero-order valence-electron chi connectivity index (χ0n) is 19.3. The molecule has 3 aromatic rings. The number of halogens is 1. The highest BCUT2D eigenvalue weighted by molar-refractivity contribution is 6.32. The maximum atomic E-state index is 13.0. The lowest BCUT2D eigenvalue weighted by atomic mass is 9.98. The number of nitrogens with zero attached hydrogens (tertiary/aromatic N) is 1. The van der Waals surface area contributed by atoms with Gasteiger partial charge in [0.25, 0.3) is 0 Å². The highest BCUT2D eigenvalue weighted by Crippen LogP contribution is 2.44. The van der Waals surface area contributed by atoms with Crippen LogP contribution in [0, 0.1) is 0 Å². The van der Waals surface area contributed by atoms with Gasteiger partial charge in [0, 0.05) is 17.6 Å². The fraction of sp³-hybridized carbons (Fsp3) is 0.296. The van der Waals surface area contributed by atoms with Gasteiger partial charge < -0.3 is 25.2 Å². The van der Waals surface area contributed by atoms with Crippen molar-refractivity contribution in [3.05, 3.63) is 82.9 Å². The van der Waals surface area contributed by atoms with Gasteiger partial charge in [0.15, 0.2) is 0 Å². The summed E-state index contributed by atoms with van der Waals surface area (Å²) in [5.74, 6) is 0.401. The molecular weight excluding hydrogens is 452 g/mol. The minimum Gasteiger partial charge on any atom is -0.489 e. The van der Waals surface area contributed by atoms with Gasteiger partial charge in [-0.05, 0) is 54.3 Å². The Bertz CT molecular complexity index is 1120. The van der Waals surface area contributed by atoms with E-state index in [2.05, 4.69) is 24.3 Å². The summed E-state index contributed by atoms with van der Waals surface area (Å²) < 4.78 is 11.4. The second-order valence-electron chi connectivity index (χ2n) is 8.70. The zero-order valence-corrected chi connectivity index (χ0v) is 20.0. The topological polar surface area (TPSA) is 85.0 Å². The molecule has 34 heavy (non-hydrogen) atoms. The molecule has 3 N–H and O–H groups in total. The minimum atomic E-state index is -0.920. The second kappa shape index (κ2) is 10.4. The molecule has 0 saturated carbocycles. The SMILES string of the molecule is CC(C)N(CC(O)COc1ccc(N)cc1Cl)C(=O)OCC1c2ccccc2-c2ccccc21. The molecule has 1 atom stereocenters. The van der Waals surface area contributed by atoms with Crippen LogP contribution in [-0.2, 0) is 4.74 Å². The first kappa shape index (κ1) is 23.9. The van der Waals surface area contributed by atoms with Crippen LogP contribution in [0.25, 0.3) is 11.1 Å². The first-order chi connectivity index (χ1) is 16.3. The molecular formula is C27H29ClN2O4. The largest absolute Gasteiger partial charge is 0.489 e. The number of rotatable bonds is 8. The van der Waals surface area contributed by atoms with E-state index in [0.29, 0.717) is 16.5 Å². The standard InChI is InChI=1S/C27H29ClN2O4/c1-17(2)30(14-19(31)15-33-26-12-11-18(29)13-25(26)28)27(32)34-16-24-22-9-5-3-7-20(22)21-8-4-6-10-23(21)24/h3-13,17,19,24,31H,14-16,29H2,1-2H3. The van der Waals surface area contributed by atoms with E-state index < -0.39 is 12.2 Å². The number of carbonyl (C=O) groups excluding carboxylic acids is 1. The Morgan fingerprint density at radius 1 is 1.06 bits per heavy atom. The molecule has 0 bridgehead atoms. The van der Waals surface area contributed by atoms with Gasteiger partial charge in [-0.3, -0.25) is 0 Å². The number of aliphatic hydroxyl groups excluding tert-OH is 1. The molecule has 6 nitrogen and oxygen atoms in total. The number of anilines is 1. The Kier molecular flexibility index (Phi) is 7.29. The number of carbonyl (C=O) groups is 1. The van der Waals surface area contributed by atoms with Crippen LogP contribution in [0.4, 0.5) is 10.5 Å². The lowest BCUT2D eigenvalue weighted by molar-refractivity contribution is 0.0418. The minimum absolute atomic E-state index is 0.0220. The van der Waals surface area contributed by atoms with Crippen molar-refractivity contribution in [2.45, 2.75) is 31.9 Å². The van der Waals surface area contributed by atoms with Crippen molar-refractivity contribution in [3.8, 4) is 16.9 Å². The van der Waals surface area contributed by atoms with Gasteiger partial charge in [-0.25, -0.2) is 4.79 Å². The van der Waals surface area contributed by atoms with Crippen LogP contribution < -0.4 is 10.5 Å². The molecule has 7 heteroatoms. The molecule has 1 aliphatic rings. The number of ether oxygens (including phenoxy) is 2. The van der Waals surface area contributed by atoms with Crippen LogP contribution in [0.3, 0.4) is 0 Å². The molecule has 0 aromatic heterocycles. The Morgan fingerprint density at radius 2 is 1.68 bits per heavy atom. The number of nitrogen functional groups attached to an aromatic ring is 1. The molecule has 0 fully saturated rings. The van der Waals surface area contributed by atoms with Gasteiger partial charge in [-0.1, -0.05) is 60.1 Å². The van der Waals surface area contributed by atoms with Crippen LogP contribution in [0.5, 0.6) is 5.75 Å². The first-order valence-electron chi connectivity index (χ1n) is 11.3. The summed E-state index contributed by atoms with van der Waals surface area (Å²) in [5.41, 5.74) is 10.9. The zero-order chi connectivity index (χ0) is 24.2. The fourth-order valence-corrected chi connectivity index (χ4v) is 4.52. The molecule has 0 heterocycles. The highest BCUT2D eigenvalue weighted by Gasteiger charge is 2.30. The second-order valence-corrected chi connectivity index (χ2v) is 9.11. The van der Waals surface area contributed by atoms with Gasteiger partial charge in [0.05, 0.1) is 11.6 Å². The number of aliphatic hydroxyl groups is 1. The van der Waals surface area contributed by atoms with Gasteiger partial charge in [0.2, 0.25) is 0 Å². The first-order valence-corrected chi connectivity index (χ1v) is 11.7. The van der Waals surface area contributed by atoms with Crippen molar-refractivity contribution in [2.75, 3.05) is 25.5 Å². The number of amides is 1. The lowest BCUT2D eigenvalue weighted by Gasteiger charge is -2.29. The lowest BCUT2D eigenvalue weighted by Crippen LogP contribution is -2.44. The van der Waals surface area contributed by atoms with E-state index in [0.717, 1.165) is 11.1 Å². The predicted octanol–water partition coefficient (Wildman–Crippen LogP) is 5.32. The van der Waals surface area contributed by atoms with E-state index in [1.54, 1.807) is 18.2 Å². The van der Waals surface area contributed by atoms with Crippen molar-refractivity contribution in [2.24, 2.45) is 0 Å². The maximum Gasteiger partial charge on any atom is 0.410 e. The molecule has 1 amide bonds. The smallest absolute Gasteiger partial charge is 0.410 e. The van der Waals surface area contributed by atoms with Crippen molar-refractivity contribution in [1.82, 2.24) is 4.90 Å². The summed E-state index contributed by atoms with van der Waals surface area (Å²) in [6.07, 6.45) is -1.39. The van der Waals surface area contributed by atoms with E-state index in [-0.39, 0.29) is 31.7 Å². The summed E-state index contributed by atoms with van der Waals surface area (Å²) in [6, 6.07) is 21.1. The van der Waals surface area contributed by atoms with Gasteiger partial charge in [0.1, 0.15) is 25.1 Å². The molecule has 178 valence electrons. The van der Waals surface area contributed by atoms with Gasteiger partial charge >= 0.3 is 6.09 Å². The molecule has 3 aromatic carbocycles. The summed E-state index contributed by atoms with van der Waals surface area (Å²) in [4.78, 5) is 14.5. The molecule has 1 aliphatic carbocycles. The van der Waals surface area contributed by atoms with Crippen molar-refractivity contribution >= 4 is 23.4 Å². The number of hydrogen-bond acceptors (Lipinski definition) is 5. The van der Waals surface area contributed by atoms with E-state index in [4.69, 9.17) is 26.8 Å². The van der Waals surface area contributed by atoms with Crippen molar-refractivity contribution in [1.29, 1.82) is 0 Å². The van der Waals surface area contributed by atoms with Crippen LogP contribution >= 0.6 is 11.6 Å². The molecule has 0 saturated heterocycles. The third-order valence-electron chi connectivity index (χ3n) is 5.99. The Balaban J connectivity index is 1.38. The van der Waals surface area contributed by atoms with Crippen LogP contribution in [0.2, 0.25) is 5.02 Å². The average molecular weight is 481 g/mol. The monoisotopic (exact) mass is 480 g/mol. The number of hydrogen-bond donors (Lipinski definition) is 2. The van der Waals surface area contributed by atoms with E-state index in [9.17, 15) is 9.90 Å². The summed E-state index contributed by atoms with van der Waals surface area (Å²) in [6.45, 7) is 4.03. The van der Waals surface area contributed by atoms with Crippen molar-refractivity contribution < 1.29 is 19.4 Å². The Morgan fingerprint density at radius 3 is 2.26 bits per heavy atom. The highest BCUT2D eigenvalue weighted by atomic mass is 35.5. The third-order valence-corrected chi connectivity index (χ3v) is 6.28. The van der Waals surface area contributed by atoms with Crippen LogP contribution in [-0.4, -0.2) is 48.0 Å². The van der Waals surface area contributed by atoms with E-state index >= 15 is 0 Å².